The Labute approximate surface area is 93.1 Å². The molecule has 0 aromatic rings. The zero-order valence-corrected chi connectivity index (χ0v) is 9.78. The number of hydrogen-bond donors (Lipinski definition) is 1. The zero-order chi connectivity index (χ0) is 10.9. The fourth-order valence-corrected chi connectivity index (χ4v) is 1.82. The van der Waals surface area contributed by atoms with Gasteiger partial charge in [-0.15, -0.1) is 0 Å². The molecule has 0 aromatic heterocycles. The first-order valence-electron chi connectivity index (χ1n) is 6.00. The second-order valence-corrected chi connectivity index (χ2v) is 4.00. The first kappa shape index (κ1) is 12.1. The fraction of sp³-hybridized carbons (Fsp3) is 0.750. The molecule has 0 unspecified atom stereocenters. The van der Waals surface area contributed by atoms with Gasteiger partial charge in [-0.25, -0.2) is 0 Å². The summed E-state index contributed by atoms with van der Waals surface area (Å²) >= 11 is 0. The van der Waals surface area contributed by atoms with Gasteiger partial charge in [-0.05, 0) is 26.2 Å². The van der Waals surface area contributed by atoms with Crippen molar-refractivity contribution in [1.29, 1.82) is 0 Å². The predicted octanol–water partition coefficient (Wildman–Crippen LogP) is 2.14. The van der Waals surface area contributed by atoms with Crippen LogP contribution in [-0.4, -0.2) is 30.5 Å². The van der Waals surface area contributed by atoms with Crippen LogP contribution in [0.1, 0.15) is 39.0 Å². The third-order valence-corrected chi connectivity index (χ3v) is 2.74. The third kappa shape index (κ3) is 4.86. The fourth-order valence-electron chi connectivity index (χ4n) is 1.82. The number of likely N-dealkylation sites (tertiary alicyclic amines) is 1. The van der Waals surface area contributed by atoms with Gasteiger partial charge in [0.1, 0.15) is 0 Å². The minimum absolute atomic E-state index is 0.737. The third-order valence-electron chi connectivity index (χ3n) is 2.74. The van der Waals surface area contributed by atoms with Gasteiger partial charge in [0.2, 0.25) is 0 Å². The van der Waals surface area contributed by atoms with E-state index in [-0.39, 0.29) is 0 Å². The summed E-state index contributed by atoms with van der Waals surface area (Å²) in [6.07, 6.45) is 10.3. The lowest BCUT2D eigenvalue weighted by Gasteiger charge is -2.20. The highest BCUT2D eigenvalue weighted by Gasteiger charge is 2.09. The van der Waals surface area contributed by atoms with Crippen LogP contribution in [0.3, 0.4) is 0 Å². The Kier molecular flexibility index (Phi) is 5.90. The Morgan fingerprint density at radius 3 is 2.53 bits per heavy atom. The second-order valence-electron chi connectivity index (χ2n) is 4.00. The van der Waals surface area contributed by atoms with Gasteiger partial charge in [0.05, 0.1) is 0 Å². The van der Waals surface area contributed by atoms with Crippen molar-refractivity contribution < 1.29 is 0 Å². The van der Waals surface area contributed by atoms with E-state index in [1.165, 1.54) is 25.7 Å². The van der Waals surface area contributed by atoms with Crippen molar-refractivity contribution in [3.63, 3.8) is 0 Å². The molecule has 1 aliphatic rings. The molecule has 15 heavy (non-hydrogen) atoms. The summed E-state index contributed by atoms with van der Waals surface area (Å²) in [6.45, 7) is 5.01. The average molecular weight is 209 g/mol. The molecule has 86 valence electrons. The number of rotatable bonds is 3. The zero-order valence-electron chi connectivity index (χ0n) is 9.78. The van der Waals surface area contributed by atoms with Crippen molar-refractivity contribution >= 4 is 5.96 Å². The van der Waals surface area contributed by atoms with E-state index in [0.717, 1.165) is 32.0 Å². The van der Waals surface area contributed by atoms with Crippen LogP contribution in [0.4, 0.5) is 0 Å². The summed E-state index contributed by atoms with van der Waals surface area (Å²) in [5.74, 6) is 0.737. The van der Waals surface area contributed by atoms with Gasteiger partial charge in [0, 0.05) is 19.6 Å². The number of allylic oxidation sites excluding steroid dienone is 1. The summed E-state index contributed by atoms with van der Waals surface area (Å²) in [5.41, 5.74) is 5.95. The molecule has 1 saturated heterocycles. The summed E-state index contributed by atoms with van der Waals surface area (Å²) < 4.78 is 0. The number of aliphatic imine (C=N–C) groups is 1. The van der Waals surface area contributed by atoms with Crippen molar-refractivity contribution in [3.8, 4) is 0 Å². The standard InChI is InChI=1S/C12H23N3/c1-2-3-6-9-14-12(13)15-10-7-4-5-8-11-15/h2-3H,4-11H2,1H3,(H2,13,14)/b3-2+. The number of nitrogens with zero attached hydrogens (tertiary/aromatic N) is 2. The molecule has 1 aliphatic heterocycles. The first-order chi connectivity index (χ1) is 7.34. The molecule has 0 radical (unpaired) electrons. The first-order valence-corrected chi connectivity index (χ1v) is 6.00. The van der Waals surface area contributed by atoms with Crippen LogP contribution >= 0.6 is 0 Å². The molecule has 0 amide bonds. The minimum Gasteiger partial charge on any atom is -0.370 e. The maximum atomic E-state index is 5.95. The molecule has 1 heterocycles. The molecular weight excluding hydrogens is 186 g/mol. The van der Waals surface area contributed by atoms with Crippen molar-refractivity contribution in [2.75, 3.05) is 19.6 Å². The van der Waals surface area contributed by atoms with Crippen molar-refractivity contribution in [2.45, 2.75) is 39.0 Å². The van der Waals surface area contributed by atoms with E-state index < -0.39 is 0 Å². The van der Waals surface area contributed by atoms with Crippen molar-refractivity contribution in [2.24, 2.45) is 10.7 Å². The molecule has 3 nitrogen and oxygen atoms in total. The quantitative estimate of drug-likeness (QED) is 0.335. The Bertz CT molecular complexity index is 213. The molecule has 0 bridgehead atoms. The van der Waals surface area contributed by atoms with Crippen molar-refractivity contribution in [1.82, 2.24) is 4.90 Å². The van der Waals surface area contributed by atoms with Crippen LogP contribution in [0, 0.1) is 0 Å². The molecule has 0 saturated carbocycles. The lowest BCUT2D eigenvalue weighted by molar-refractivity contribution is 0.428. The summed E-state index contributed by atoms with van der Waals surface area (Å²) in [5, 5.41) is 0. The second kappa shape index (κ2) is 7.32. The van der Waals surface area contributed by atoms with Gasteiger partial charge < -0.3 is 10.6 Å². The molecule has 0 aromatic carbocycles. The van der Waals surface area contributed by atoms with E-state index in [1.54, 1.807) is 0 Å². The highest BCUT2D eigenvalue weighted by Crippen LogP contribution is 2.08. The van der Waals surface area contributed by atoms with Crippen LogP contribution in [0.25, 0.3) is 0 Å². The van der Waals surface area contributed by atoms with E-state index in [0.29, 0.717) is 0 Å². The summed E-state index contributed by atoms with van der Waals surface area (Å²) in [4.78, 5) is 6.62. The highest BCUT2D eigenvalue weighted by atomic mass is 15.2. The van der Waals surface area contributed by atoms with E-state index in [1.807, 2.05) is 6.92 Å². The molecule has 0 aliphatic carbocycles. The highest BCUT2D eigenvalue weighted by molar-refractivity contribution is 5.78. The van der Waals surface area contributed by atoms with Crippen LogP contribution < -0.4 is 5.73 Å². The topological polar surface area (TPSA) is 41.6 Å². The summed E-state index contributed by atoms with van der Waals surface area (Å²) in [6, 6.07) is 0. The molecular formula is C12H23N3. The van der Waals surface area contributed by atoms with Crippen LogP contribution in [-0.2, 0) is 0 Å². The van der Waals surface area contributed by atoms with Gasteiger partial charge in [-0.2, -0.15) is 0 Å². The molecule has 1 fully saturated rings. The number of hydrogen-bond acceptors (Lipinski definition) is 1. The minimum atomic E-state index is 0.737. The average Bonchev–Trinajstić information content (AvgIpc) is 2.52. The normalized spacial score (nSPS) is 19.5. The van der Waals surface area contributed by atoms with Crippen LogP contribution in [0.15, 0.2) is 17.1 Å². The number of guanidine groups is 1. The van der Waals surface area contributed by atoms with E-state index >= 15 is 0 Å². The maximum Gasteiger partial charge on any atom is 0.191 e. The maximum absolute atomic E-state index is 5.95. The lowest BCUT2D eigenvalue weighted by Crippen LogP contribution is -2.38. The van der Waals surface area contributed by atoms with E-state index in [4.69, 9.17) is 5.73 Å². The van der Waals surface area contributed by atoms with Crippen LogP contribution in [0.5, 0.6) is 0 Å². The SMILES string of the molecule is C/C=C/CCN=C(N)N1CCCCCC1. The number of nitrogens with two attached hydrogens (primary N) is 1. The van der Waals surface area contributed by atoms with Gasteiger partial charge in [-0.3, -0.25) is 4.99 Å². The summed E-state index contributed by atoms with van der Waals surface area (Å²) in [7, 11) is 0. The molecule has 3 heteroatoms. The molecule has 0 spiro atoms. The smallest absolute Gasteiger partial charge is 0.191 e. The predicted molar refractivity (Wildman–Crippen MR) is 66.0 cm³/mol. The lowest BCUT2D eigenvalue weighted by atomic mass is 10.2. The van der Waals surface area contributed by atoms with Gasteiger partial charge in [0.25, 0.3) is 0 Å². The van der Waals surface area contributed by atoms with Crippen molar-refractivity contribution in [3.05, 3.63) is 12.2 Å². The Morgan fingerprint density at radius 1 is 1.27 bits per heavy atom. The van der Waals surface area contributed by atoms with Gasteiger partial charge in [0.15, 0.2) is 5.96 Å². The van der Waals surface area contributed by atoms with E-state index in [2.05, 4.69) is 22.0 Å². The van der Waals surface area contributed by atoms with Gasteiger partial charge in [-0.1, -0.05) is 25.0 Å². The largest absolute Gasteiger partial charge is 0.370 e. The van der Waals surface area contributed by atoms with Crippen LogP contribution in [0.2, 0.25) is 0 Å². The molecule has 2 N–H and O–H groups in total. The molecule has 1 rings (SSSR count). The molecule has 0 atom stereocenters. The van der Waals surface area contributed by atoms with E-state index in [9.17, 15) is 0 Å². The Morgan fingerprint density at radius 2 is 1.93 bits per heavy atom. The monoisotopic (exact) mass is 209 g/mol. The Hall–Kier alpha value is -0.990. The van der Waals surface area contributed by atoms with Gasteiger partial charge >= 0.3 is 0 Å². The Balaban J connectivity index is 2.32.